The molecule has 3 rings (SSSR count). The molecule has 0 saturated carbocycles. The third-order valence-electron chi connectivity index (χ3n) is 5.08. The Morgan fingerprint density at radius 3 is 2.22 bits per heavy atom. The van der Waals surface area contributed by atoms with Crippen molar-refractivity contribution in [2.24, 2.45) is 0 Å². The standard InChI is InChI=1S/C27H25BrN2O2/c1-19-10-9-11-20(2)26(19)29-27(32)21(3)30(18-23-14-7-8-15-24(23)28)25(31)17-16-22-12-5-4-6-13-22/h4-17H,3,18H2,1-2H3,(H,29,32)/b17-16+. The molecule has 0 aliphatic carbocycles. The van der Waals surface area contributed by atoms with Gasteiger partial charge in [0.1, 0.15) is 5.70 Å². The summed E-state index contributed by atoms with van der Waals surface area (Å²) >= 11 is 3.52. The number of para-hydroxylation sites is 1. The lowest BCUT2D eigenvalue weighted by molar-refractivity contribution is -0.127. The molecule has 0 aromatic heterocycles. The molecule has 0 aliphatic heterocycles. The fourth-order valence-electron chi connectivity index (χ4n) is 3.24. The van der Waals surface area contributed by atoms with E-state index in [4.69, 9.17) is 0 Å². The van der Waals surface area contributed by atoms with E-state index in [0.29, 0.717) is 0 Å². The van der Waals surface area contributed by atoms with E-state index >= 15 is 0 Å². The largest absolute Gasteiger partial charge is 0.320 e. The maximum absolute atomic E-state index is 13.1. The molecule has 0 atom stereocenters. The maximum Gasteiger partial charge on any atom is 0.271 e. The minimum absolute atomic E-state index is 0.0751. The van der Waals surface area contributed by atoms with Crippen LogP contribution in [0.15, 0.2) is 95.6 Å². The molecular weight excluding hydrogens is 464 g/mol. The smallest absolute Gasteiger partial charge is 0.271 e. The van der Waals surface area contributed by atoms with Crippen LogP contribution in [0, 0.1) is 13.8 Å². The number of hydrogen-bond acceptors (Lipinski definition) is 2. The highest BCUT2D eigenvalue weighted by atomic mass is 79.9. The van der Waals surface area contributed by atoms with Gasteiger partial charge in [-0.2, -0.15) is 0 Å². The van der Waals surface area contributed by atoms with Gasteiger partial charge in [-0.25, -0.2) is 0 Å². The molecule has 3 aromatic carbocycles. The first-order chi connectivity index (χ1) is 15.4. The predicted octanol–water partition coefficient (Wildman–Crippen LogP) is 6.26. The minimum atomic E-state index is -0.420. The van der Waals surface area contributed by atoms with E-state index in [9.17, 15) is 9.59 Å². The summed E-state index contributed by atoms with van der Waals surface area (Å²) < 4.78 is 0.854. The molecule has 32 heavy (non-hydrogen) atoms. The molecule has 4 nitrogen and oxygen atoms in total. The second-order valence-electron chi connectivity index (χ2n) is 7.43. The normalized spacial score (nSPS) is 10.7. The van der Waals surface area contributed by atoms with E-state index in [-0.39, 0.29) is 18.1 Å². The molecule has 3 aromatic rings. The number of nitrogens with zero attached hydrogens (tertiary/aromatic N) is 1. The second kappa shape index (κ2) is 10.7. The van der Waals surface area contributed by atoms with Crippen LogP contribution in [0.1, 0.15) is 22.3 Å². The molecule has 162 valence electrons. The average Bonchev–Trinajstić information content (AvgIpc) is 2.79. The Labute approximate surface area is 197 Å². The highest BCUT2D eigenvalue weighted by Crippen LogP contribution is 2.23. The Bertz CT molecular complexity index is 1150. The van der Waals surface area contributed by atoms with Crippen molar-refractivity contribution in [3.63, 3.8) is 0 Å². The lowest BCUT2D eigenvalue weighted by Crippen LogP contribution is -2.34. The number of halogens is 1. The Kier molecular flexibility index (Phi) is 7.79. The Morgan fingerprint density at radius 1 is 0.938 bits per heavy atom. The van der Waals surface area contributed by atoms with Crippen LogP contribution >= 0.6 is 15.9 Å². The third-order valence-corrected chi connectivity index (χ3v) is 5.85. The molecule has 0 fully saturated rings. The number of rotatable bonds is 7. The molecule has 0 saturated heterocycles. The van der Waals surface area contributed by atoms with Crippen LogP contribution in [0.3, 0.4) is 0 Å². The van der Waals surface area contributed by atoms with Crippen molar-refractivity contribution in [2.45, 2.75) is 20.4 Å². The summed E-state index contributed by atoms with van der Waals surface area (Å²) in [6.07, 6.45) is 3.19. The number of nitrogens with one attached hydrogen (secondary N) is 1. The van der Waals surface area contributed by atoms with E-state index in [1.54, 1.807) is 6.08 Å². The quantitative estimate of drug-likeness (QED) is 0.399. The molecule has 0 radical (unpaired) electrons. The monoisotopic (exact) mass is 488 g/mol. The molecule has 0 unspecified atom stereocenters. The molecule has 5 heteroatoms. The van der Waals surface area contributed by atoms with Crippen molar-refractivity contribution in [1.29, 1.82) is 0 Å². The summed E-state index contributed by atoms with van der Waals surface area (Å²) in [5, 5.41) is 2.92. The first kappa shape index (κ1) is 23.2. The van der Waals surface area contributed by atoms with Gasteiger partial charge in [-0.1, -0.05) is 89.2 Å². The maximum atomic E-state index is 13.1. The van der Waals surface area contributed by atoms with Gasteiger partial charge in [-0.15, -0.1) is 0 Å². The number of carbonyl (C=O) groups is 2. The van der Waals surface area contributed by atoms with Crippen molar-refractivity contribution in [3.05, 3.63) is 118 Å². The number of hydrogen-bond donors (Lipinski definition) is 1. The first-order valence-electron chi connectivity index (χ1n) is 10.2. The minimum Gasteiger partial charge on any atom is -0.320 e. The first-order valence-corrected chi connectivity index (χ1v) is 11.0. The average molecular weight is 489 g/mol. The number of anilines is 1. The summed E-state index contributed by atoms with van der Waals surface area (Å²) in [7, 11) is 0. The van der Waals surface area contributed by atoms with Crippen molar-refractivity contribution in [1.82, 2.24) is 4.90 Å². The summed E-state index contributed by atoms with van der Waals surface area (Å²) in [4.78, 5) is 27.6. The summed E-state index contributed by atoms with van der Waals surface area (Å²) in [6, 6.07) is 22.9. The van der Waals surface area contributed by atoms with Crippen molar-refractivity contribution >= 4 is 39.5 Å². The van der Waals surface area contributed by atoms with Crippen LogP contribution in [0.5, 0.6) is 0 Å². The van der Waals surface area contributed by atoms with Gasteiger partial charge in [0.2, 0.25) is 0 Å². The van der Waals surface area contributed by atoms with Gasteiger partial charge in [0.05, 0.1) is 6.54 Å². The van der Waals surface area contributed by atoms with Crippen LogP contribution in [0.25, 0.3) is 6.08 Å². The molecule has 2 amide bonds. The van der Waals surface area contributed by atoms with E-state index < -0.39 is 5.91 Å². The lowest BCUT2D eigenvalue weighted by Gasteiger charge is -2.24. The highest BCUT2D eigenvalue weighted by molar-refractivity contribution is 9.10. The van der Waals surface area contributed by atoms with Gasteiger partial charge in [-0.05, 0) is 48.2 Å². The van der Waals surface area contributed by atoms with Crippen molar-refractivity contribution in [3.8, 4) is 0 Å². The second-order valence-corrected chi connectivity index (χ2v) is 8.28. The zero-order valence-electron chi connectivity index (χ0n) is 18.1. The molecule has 0 aliphatic rings. The number of benzene rings is 3. The summed E-state index contributed by atoms with van der Waals surface area (Å²) in [5.41, 5.74) is 4.46. The summed E-state index contributed by atoms with van der Waals surface area (Å²) in [6.45, 7) is 8.02. The number of aryl methyl sites for hydroxylation is 2. The molecule has 0 heterocycles. The van der Waals surface area contributed by atoms with Gasteiger partial charge >= 0.3 is 0 Å². The Hall–Kier alpha value is -3.44. The Balaban J connectivity index is 1.87. The van der Waals surface area contributed by atoms with Crippen LogP contribution in [0.4, 0.5) is 5.69 Å². The molecule has 0 bridgehead atoms. The van der Waals surface area contributed by atoms with E-state index in [2.05, 4.69) is 27.8 Å². The zero-order chi connectivity index (χ0) is 23.1. The van der Waals surface area contributed by atoms with E-state index in [0.717, 1.165) is 32.4 Å². The number of amides is 2. The van der Waals surface area contributed by atoms with Gasteiger partial charge < -0.3 is 5.32 Å². The fraction of sp³-hybridized carbons (Fsp3) is 0.111. The van der Waals surface area contributed by atoms with Gasteiger partial charge in [0.25, 0.3) is 11.8 Å². The molecule has 0 spiro atoms. The highest BCUT2D eigenvalue weighted by Gasteiger charge is 2.22. The van der Waals surface area contributed by atoms with Crippen LogP contribution in [0.2, 0.25) is 0 Å². The van der Waals surface area contributed by atoms with Crippen LogP contribution in [-0.2, 0) is 16.1 Å². The van der Waals surface area contributed by atoms with Gasteiger partial charge in [-0.3, -0.25) is 14.5 Å². The van der Waals surface area contributed by atoms with Crippen molar-refractivity contribution in [2.75, 3.05) is 5.32 Å². The SMILES string of the molecule is C=C(C(=O)Nc1c(C)cccc1C)N(Cc1ccccc1Br)C(=O)/C=C/c1ccccc1. The zero-order valence-corrected chi connectivity index (χ0v) is 19.7. The van der Waals surface area contributed by atoms with E-state index in [1.807, 2.05) is 86.6 Å². The molecular formula is C27H25BrN2O2. The predicted molar refractivity (Wildman–Crippen MR) is 134 cm³/mol. The van der Waals surface area contributed by atoms with Crippen LogP contribution in [-0.4, -0.2) is 16.7 Å². The van der Waals surface area contributed by atoms with Crippen LogP contribution < -0.4 is 5.32 Å². The fourth-order valence-corrected chi connectivity index (χ4v) is 3.66. The molecule has 1 N–H and O–H groups in total. The van der Waals surface area contributed by atoms with E-state index in [1.165, 1.54) is 11.0 Å². The number of carbonyl (C=O) groups excluding carboxylic acids is 2. The Morgan fingerprint density at radius 2 is 1.56 bits per heavy atom. The summed E-state index contributed by atoms with van der Waals surface area (Å²) in [5.74, 6) is -0.748. The van der Waals surface area contributed by atoms with Crippen molar-refractivity contribution < 1.29 is 9.59 Å². The van der Waals surface area contributed by atoms with Gasteiger partial charge in [0.15, 0.2) is 0 Å². The topological polar surface area (TPSA) is 49.4 Å². The lowest BCUT2D eigenvalue weighted by atomic mass is 10.1. The van der Waals surface area contributed by atoms with Gasteiger partial charge in [0, 0.05) is 16.2 Å². The third kappa shape index (κ3) is 5.83.